The maximum absolute atomic E-state index is 13.7. The van der Waals surface area contributed by atoms with Crippen molar-refractivity contribution < 1.29 is 22.8 Å². The Morgan fingerprint density at radius 3 is 2.33 bits per heavy atom. The zero-order chi connectivity index (χ0) is 27.7. The van der Waals surface area contributed by atoms with E-state index in [1.165, 1.54) is 12.1 Å². The van der Waals surface area contributed by atoms with E-state index in [0.717, 1.165) is 33.9 Å². The number of nitrogens with one attached hydrogen (secondary N) is 2. The number of allylic oxidation sites excluding steroid dienone is 3. The zero-order valence-corrected chi connectivity index (χ0v) is 22.2. The number of carbonyl (C=O) groups excluding carboxylic acids is 2. The highest BCUT2D eigenvalue weighted by molar-refractivity contribution is 7.98. The second kappa shape index (κ2) is 10.8. The van der Waals surface area contributed by atoms with Gasteiger partial charge in [-0.2, -0.15) is 13.2 Å². The number of benzene rings is 3. The molecule has 3 aromatic carbocycles. The highest BCUT2D eigenvalue weighted by Gasteiger charge is 2.41. The van der Waals surface area contributed by atoms with Crippen LogP contribution in [-0.2, 0) is 15.8 Å². The van der Waals surface area contributed by atoms with E-state index in [9.17, 15) is 22.8 Å². The summed E-state index contributed by atoms with van der Waals surface area (Å²) >= 11 is 1.58. The van der Waals surface area contributed by atoms with E-state index >= 15 is 0 Å². The Labute approximate surface area is 229 Å². The first-order valence-corrected chi connectivity index (χ1v) is 13.8. The molecular weight excluding hydrogens is 521 g/mol. The molecular formula is C31H27F3N2O2S. The second-order valence-electron chi connectivity index (χ2n) is 9.73. The van der Waals surface area contributed by atoms with Crippen molar-refractivity contribution in [3.8, 4) is 0 Å². The van der Waals surface area contributed by atoms with E-state index in [2.05, 4.69) is 10.6 Å². The molecule has 1 amide bonds. The molecule has 4 nitrogen and oxygen atoms in total. The number of anilines is 1. The van der Waals surface area contributed by atoms with Gasteiger partial charge < -0.3 is 10.6 Å². The lowest BCUT2D eigenvalue weighted by Crippen LogP contribution is -2.37. The van der Waals surface area contributed by atoms with Gasteiger partial charge in [0.05, 0.1) is 5.56 Å². The molecule has 8 heteroatoms. The average molecular weight is 549 g/mol. The number of Topliss-reactive ketones (excluding diaryl/α,β-unsaturated/α-hetero) is 1. The number of rotatable bonds is 5. The molecule has 0 saturated carbocycles. The zero-order valence-electron chi connectivity index (χ0n) is 21.4. The van der Waals surface area contributed by atoms with Gasteiger partial charge in [0.25, 0.3) is 5.91 Å². The van der Waals surface area contributed by atoms with Crippen LogP contribution in [0.3, 0.4) is 0 Å². The summed E-state index contributed by atoms with van der Waals surface area (Å²) in [7, 11) is 0. The summed E-state index contributed by atoms with van der Waals surface area (Å²) in [6.07, 6.45) is -1.64. The van der Waals surface area contributed by atoms with E-state index < -0.39 is 23.6 Å². The molecule has 2 aliphatic rings. The minimum Gasteiger partial charge on any atom is -0.362 e. The highest BCUT2D eigenvalue weighted by atomic mass is 32.2. The largest absolute Gasteiger partial charge is 0.416 e. The van der Waals surface area contributed by atoms with Gasteiger partial charge in [-0.3, -0.25) is 9.59 Å². The third kappa shape index (κ3) is 5.52. The first-order chi connectivity index (χ1) is 18.7. The molecule has 0 aromatic heterocycles. The molecule has 1 heterocycles. The number of amides is 1. The Bertz CT molecular complexity index is 1480. The molecule has 2 unspecified atom stereocenters. The van der Waals surface area contributed by atoms with Crippen LogP contribution in [0.15, 0.2) is 106 Å². The number of carbonyl (C=O) groups is 2. The minimum absolute atomic E-state index is 0.0118. The standard InChI is InChI=1S/C31H27F3N2O2S/c1-18-27(30(38)36-23-10-6-9-22(17-23)31(32,33)34)28(20-11-13-24(39-2)14-12-20)29-25(35-18)15-21(16-26(29)37)19-7-4-3-5-8-19/h3-14,17,21,28,35H,15-16H2,1-2H3,(H,36,38). The van der Waals surface area contributed by atoms with Crippen LogP contribution >= 0.6 is 11.8 Å². The Balaban J connectivity index is 1.54. The van der Waals surface area contributed by atoms with Gasteiger partial charge in [0, 0.05) is 45.5 Å². The van der Waals surface area contributed by atoms with Crippen molar-refractivity contribution in [2.24, 2.45) is 0 Å². The van der Waals surface area contributed by atoms with Gasteiger partial charge in [-0.05, 0) is 67.0 Å². The van der Waals surface area contributed by atoms with Crippen LogP contribution < -0.4 is 10.6 Å². The van der Waals surface area contributed by atoms with Crippen molar-refractivity contribution in [1.29, 1.82) is 0 Å². The normalized spacial score (nSPS) is 19.5. The van der Waals surface area contributed by atoms with Crippen molar-refractivity contribution >= 4 is 29.1 Å². The fraction of sp³-hybridized carbons (Fsp3) is 0.226. The Kier molecular flexibility index (Phi) is 7.40. The Hall–Kier alpha value is -3.78. The van der Waals surface area contributed by atoms with Crippen LogP contribution in [0.25, 0.3) is 0 Å². The molecule has 0 fully saturated rings. The second-order valence-corrected chi connectivity index (χ2v) is 10.6. The molecule has 200 valence electrons. The van der Waals surface area contributed by atoms with Crippen molar-refractivity contribution in [2.45, 2.75) is 42.7 Å². The Morgan fingerprint density at radius 2 is 1.67 bits per heavy atom. The van der Waals surface area contributed by atoms with Gasteiger partial charge in [-0.1, -0.05) is 48.5 Å². The smallest absolute Gasteiger partial charge is 0.362 e. The SMILES string of the molecule is CSc1ccc(C2C(C(=O)Nc3cccc(C(F)(F)F)c3)=C(C)NC3=C2C(=O)CC(c2ccccc2)C3)cc1. The summed E-state index contributed by atoms with van der Waals surface area (Å²) in [5, 5.41) is 5.96. The van der Waals surface area contributed by atoms with E-state index in [1.54, 1.807) is 18.7 Å². The van der Waals surface area contributed by atoms with Gasteiger partial charge in [0.15, 0.2) is 5.78 Å². The molecule has 3 aromatic rings. The molecule has 0 bridgehead atoms. The first-order valence-electron chi connectivity index (χ1n) is 12.6. The monoisotopic (exact) mass is 548 g/mol. The molecule has 1 aliphatic heterocycles. The van der Waals surface area contributed by atoms with Crippen molar-refractivity contribution in [2.75, 3.05) is 11.6 Å². The van der Waals surface area contributed by atoms with Crippen molar-refractivity contribution in [3.05, 3.63) is 118 Å². The quantitative estimate of drug-likeness (QED) is 0.326. The fourth-order valence-electron chi connectivity index (χ4n) is 5.40. The lowest BCUT2D eigenvalue weighted by atomic mass is 9.71. The number of ketones is 1. The van der Waals surface area contributed by atoms with Crippen molar-refractivity contribution in [3.63, 3.8) is 0 Å². The lowest BCUT2D eigenvalue weighted by Gasteiger charge is -2.37. The third-order valence-electron chi connectivity index (χ3n) is 7.24. The number of dihydropyridines is 1. The maximum atomic E-state index is 13.7. The summed E-state index contributed by atoms with van der Waals surface area (Å²) in [4.78, 5) is 28.4. The Morgan fingerprint density at radius 1 is 0.949 bits per heavy atom. The van der Waals surface area contributed by atoms with E-state index in [0.29, 0.717) is 29.7 Å². The highest BCUT2D eigenvalue weighted by Crippen LogP contribution is 2.46. The predicted octanol–water partition coefficient (Wildman–Crippen LogP) is 7.43. The van der Waals surface area contributed by atoms with Crippen LogP contribution in [0.4, 0.5) is 18.9 Å². The molecule has 5 rings (SSSR count). The molecule has 39 heavy (non-hydrogen) atoms. The third-order valence-corrected chi connectivity index (χ3v) is 7.98. The molecule has 0 spiro atoms. The fourth-order valence-corrected chi connectivity index (χ4v) is 5.81. The maximum Gasteiger partial charge on any atom is 0.416 e. The summed E-state index contributed by atoms with van der Waals surface area (Å²) < 4.78 is 39.8. The average Bonchev–Trinajstić information content (AvgIpc) is 2.92. The first kappa shape index (κ1) is 26.8. The van der Waals surface area contributed by atoms with E-state index in [4.69, 9.17) is 0 Å². The van der Waals surface area contributed by atoms with Crippen LogP contribution in [0.1, 0.15) is 48.3 Å². The number of hydrogen-bond donors (Lipinski definition) is 2. The van der Waals surface area contributed by atoms with Crippen LogP contribution in [0, 0.1) is 0 Å². The van der Waals surface area contributed by atoms with Gasteiger partial charge >= 0.3 is 6.18 Å². The number of halogens is 3. The van der Waals surface area contributed by atoms with Gasteiger partial charge in [0.1, 0.15) is 0 Å². The number of thioether (sulfide) groups is 1. The van der Waals surface area contributed by atoms with Crippen LogP contribution in [0.2, 0.25) is 0 Å². The molecule has 2 N–H and O–H groups in total. The molecule has 1 aliphatic carbocycles. The van der Waals surface area contributed by atoms with E-state index in [-0.39, 0.29) is 17.4 Å². The topological polar surface area (TPSA) is 58.2 Å². The summed E-state index contributed by atoms with van der Waals surface area (Å²) in [6.45, 7) is 1.77. The van der Waals surface area contributed by atoms with Crippen LogP contribution in [-0.4, -0.2) is 17.9 Å². The van der Waals surface area contributed by atoms with Gasteiger partial charge in [-0.15, -0.1) is 11.8 Å². The molecule has 0 radical (unpaired) electrons. The summed E-state index contributed by atoms with van der Waals surface area (Å²) in [6, 6.07) is 22.1. The van der Waals surface area contributed by atoms with Crippen molar-refractivity contribution in [1.82, 2.24) is 5.32 Å². The minimum atomic E-state index is -4.53. The van der Waals surface area contributed by atoms with Crippen LogP contribution in [0.5, 0.6) is 0 Å². The molecule has 0 saturated heterocycles. The summed E-state index contributed by atoms with van der Waals surface area (Å²) in [5.74, 6) is -1.24. The summed E-state index contributed by atoms with van der Waals surface area (Å²) in [5.41, 5.74) is 3.25. The number of alkyl halides is 3. The van der Waals surface area contributed by atoms with Gasteiger partial charge in [-0.25, -0.2) is 0 Å². The molecule has 2 atom stereocenters. The predicted molar refractivity (Wildman–Crippen MR) is 147 cm³/mol. The number of hydrogen-bond acceptors (Lipinski definition) is 4. The lowest BCUT2D eigenvalue weighted by molar-refractivity contribution is -0.137. The van der Waals surface area contributed by atoms with Gasteiger partial charge in [0.2, 0.25) is 0 Å². The van der Waals surface area contributed by atoms with E-state index in [1.807, 2.05) is 60.9 Å².